The average Bonchev–Trinajstić information content (AvgIpc) is 2.66. The number of anilines is 1. The Balaban J connectivity index is 2.00. The van der Waals surface area contributed by atoms with E-state index < -0.39 is 0 Å². The highest BCUT2D eigenvalue weighted by molar-refractivity contribution is 7.99. The molecule has 1 atom stereocenters. The second kappa shape index (κ2) is 6.36. The summed E-state index contributed by atoms with van der Waals surface area (Å²) in [5.41, 5.74) is 1.98. The lowest BCUT2D eigenvalue weighted by atomic mass is 10.1. The van der Waals surface area contributed by atoms with Gasteiger partial charge in [0.15, 0.2) is 0 Å². The monoisotopic (exact) mass is 311 g/mol. The first-order valence-electron chi connectivity index (χ1n) is 7.25. The standard InChI is InChI=1S/C18H17NO2S/c1-13(20)12-19-15-9-5-6-10-16(15)22-17(11-18(19)21)14-7-3-2-4-8-14/h2-10,17H,11-12H2,1H3. The molecule has 2 aromatic carbocycles. The minimum atomic E-state index is -0.00804. The number of hydrogen-bond donors (Lipinski definition) is 0. The smallest absolute Gasteiger partial charge is 0.228 e. The SMILES string of the molecule is CC(=O)CN1C(=O)CC(c2ccccc2)Sc2ccccc21. The van der Waals surface area contributed by atoms with Crippen LogP contribution in [0.4, 0.5) is 5.69 Å². The topological polar surface area (TPSA) is 37.4 Å². The number of para-hydroxylation sites is 1. The average molecular weight is 311 g/mol. The number of amides is 1. The molecule has 3 rings (SSSR count). The molecule has 1 aliphatic rings. The van der Waals surface area contributed by atoms with E-state index in [1.807, 2.05) is 54.6 Å². The van der Waals surface area contributed by atoms with E-state index in [0.29, 0.717) is 6.42 Å². The maximum atomic E-state index is 12.7. The molecule has 22 heavy (non-hydrogen) atoms. The minimum absolute atomic E-state index is 0.00139. The maximum absolute atomic E-state index is 12.7. The van der Waals surface area contributed by atoms with Crippen molar-refractivity contribution in [2.45, 2.75) is 23.5 Å². The summed E-state index contributed by atoms with van der Waals surface area (Å²) in [6.45, 7) is 1.65. The fraction of sp³-hybridized carbons (Fsp3) is 0.222. The molecule has 0 radical (unpaired) electrons. The van der Waals surface area contributed by atoms with Crippen LogP contribution >= 0.6 is 11.8 Å². The largest absolute Gasteiger partial charge is 0.304 e. The van der Waals surface area contributed by atoms with Crippen molar-refractivity contribution < 1.29 is 9.59 Å². The van der Waals surface area contributed by atoms with Crippen LogP contribution in [0.1, 0.15) is 24.2 Å². The second-order valence-corrected chi connectivity index (χ2v) is 6.62. The van der Waals surface area contributed by atoms with Crippen LogP contribution in [0.2, 0.25) is 0 Å². The van der Waals surface area contributed by atoms with Crippen LogP contribution in [0.5, 0.6) is 0 Å². The van der Waals surface area contributed by atoms with Crippen LogP contribution in [0.25, 0.3) is 0 Å². The Morgan fingerprint density at radius 2 is 1.82 bits per heavy atom. The molecule has 3 nitrogen and oxygen atoms in total. The van der Waals surface area contributed by atoms with Crippen LogP contribution < -0.4 is 4.90 Å². The summed E-state index contributed by atoms with van der Waals surface area (Å²) >= 11 is 1.69. The third-order valence-electron chi connectivity index (χ3n) is 3.64. The normalized spacial score (nSPS) is 17.8. The third kappa shape index (κ3) is 3.07. The zero-order valence-electron chi connectivity index (χ0n) is 12.4. The lowest BCUT2D eigenvalue weighted by molar-refractivity contribution is -0.121. The van der Waals surface area contributed by atoms with Gasteiger partial charge in [-0.15, -0.1) is 11.8 Å². The minimum Gasteiger partial charge on any atom is -0.304 e. The van der Waals surface area contributed by atoms with Gasteiger partial charge in [0.05, 0.1) is 12.2 Å². The van der Waals surface area contributed by atoms with Crippen molar-refractivity contribution in [1.29, 1.82) is 0 Å². The lowest BCUT2D eigenvalue weighted by Gasteiger charge is -2.21. The predicted octanol–water partition coefficient (Wildman–Crippen LogP) is 3.85. The van der Waals surface area contributed by atoms with Crippen molar-refractivity contribution >= 4 is 29.1 Å². The van der Waals surface area contributed by atoms with E-state index in [0.717, 1.165) is 16.1 Å². The number of rotatable bonds is 3. The zero-order chi connectivity index (χ0) is 15.5. The van der Waals surface area contributed by atoms with Crippen LogP contribution in [-0.2, 0) is 9.59 Å². The molecule has 0 saturated heterocycles. The van der Waals surface area contributed by atoms with Gasteiger partial charge in [0.1, 0.15) is 5.78 Å². The molecule has 0 aromatic heterocycles. The molecular formula is C18H17NO2S. The Morgan fingerprint density at radius 1 is 1.14 bits per heavy atom. The molecule has 1 unspecified atom stereocenters. The van der Waals surface area contributed by atoms with E-state index in [4.69, 9.17) is 0 Å². The highest BCUT2D eigenvalue weighted by Gasteiger charge is 2.29. The number of carbonyl (C=O) groups excluding carboxylic acids is 2. The fourth-order valence-corrected chi connectivity index (χ4v) is 3.91. The highest BCUT2D eigenvalue weighted by Crippen LogP contribution is 2.45. The van der Waals surface area contributed by atoms with Gasteiger partial charge < -0.3 is 4.90 Å². The zero-order valence-corrected chi connectivity index (χ0v) is 13.2. The maximum Gasteiger partial charge on any atom is 0.228 e. The summed E-state index contributed by atoms with van der Waals surface area (Å²) in [4.78, 5) is 26.9. The van der Waals surface area contributed by atoms with Crippen molar-refractivity contribution in [3.05, 3.63) is 60.2 Å². The number of hydrogen-bond acceptors (Lipinski definition) is 3. The summed E-state index contributed by atoms with van der Waals surface area (Å²) in [7, 11) is 0. The van der Waals surface area contributed by atoms with Crippen molar-refractivity contribution in [2.24, 2.45) is 0 Å². The Hall–Kier alpha value is -2.07. The van der Waals surface area contributed by atoms with Crippen molar-refractivity contribution in [3.63, 3.8) is 0 Å². The fourth-order valence-electron chi connectivity index (χ4n) is 2.63. The summed E-state index contributed by atoms with van der Waals surface area (Å²) in [5, 5.41) is 0.0757. The van der Waals surface area contributed by atoms with E-state index in [-0.39, 0.29) is 23.5 Å². The summed E-state index contributed by atoms with van der Waals surface area (Å²) in [5.74, 6) is -0.00665. The van der Waals surface area contributed by atoms with Crippen LogP contribution in [-0.4, -0.2) is 18.2 Å². The first-order chi connectivity index (χ1) is 10.6. The quantitative estimate of drug-likeness (QED) is 0.864. The van der Waals surface area contributed by atoms with Crippen molar-refractivity contribution in [1.82, 2.24) is 0 Å². The van der Waals surface area contributed by atoms with E-state index >= 15 is 0 Å². The van der Waals surface area contributed by atoms with Gasteiger partial charge in [-0.1, -0.05) is 42.5 Å². The molecule has 2 aromatic rings. The van der Waals surface area contributed by atoms with Crippen LogP contribution in [0.3, 0.4) is 0 Å². The molecule has 112 valence electrons. The molecular weight excluding hydrogens is 294 g/mol. The van der Waals surface area contributed by atoms with E-state index in [2.05, 4.69) is 0 Å². The van der Waals surface area contributed by atoms with Gasteiger partial charge >= 0.3 is 0 Å². The van der Waals surface area contributed by atoms with Crippen LogP contribution in [0, 0.1) is 0 Å². The molecule has 1 aliphatic heterocycles. The van der Waals surface area contributed by atoms with Crippen molar-refractivity contribution in [3.8, 4) is 0 Å². The van der Waals surface area contributed by atoms with Gasteiger partial charge in [-0.2, -0.15) is 0 Å². The van der Waals surface area contributed by atoms with Gasteiger partial charge in [-0.25, -0.2) is 0 Å². The van der Waals surface area contributed by atoms with E-state index in [9.17, 15) is 9.59 Å². The molecule has 0 N–H and O–H groups in total. The molecule has 0 aliphatic carbocycles. The third-order valence-corrected chi connectivity index (χ3v) is 4.96. The Labute approximate surface area is 134 Å². The number of carbonyl (C=O) groups is 2. The molecule has 4 heteroatoms. The first-order valence-corrected chi connectivity index (χ1v) is 8.13. The van der Waals surface area contributed by atoms with Gasteiger partial charge in [-0.3, -0.25) is 9.59 Å². The molecule has 1 amide bonds. The Bertz CT molecular complexity index is 699. The molecule has 0 bridgehead atoms. The Morgan fingerprint density at radius 3 is 2.55 bits per heavy atom. The number of Topliss-reactive ketones (excluding diaryl/α,β-unsaturated/α-hetero) is 1. The summed E-state index contributed by atoms with van der Waals surface area (Å²) in [6, 6.07) is 17.9. The van der Waals surface area contributed by atoms with E-state index in [1.54, 1.807) is 16.7 Å². The number of benzene rings is 2. The lowest BCUT2D eigenvalue weighted by Crippen LogP contribution is -2.34. The molecule has 0 fully saturated rings. The van der Waals surface area contributed by atoms with Crippen molar-refractivity contribution in [2.75, 3.05) is 11.4 Å². The van der Waals surface area contributed by atoms with Gasteiger partial charge in [0, 0.05) is 16.6 Å². The van der Waals surface area contributed by atoms with Gasteiger partial charge in [0.2, 0.25) is 5.91 Å². The predicted molar refractivity (Wildman–Crippen MR) is 89.1 cm³/mol. The number of ketones is 1. The van der Waals surface area contributed by atoms with Gasteiger partial charge in [0.25, 0.3) is 0 Å². The van der Waals surface area contributed by atoms with Gasteiger partial charge in [-0.05, 0) is 24.6 Å². The number of thioether (sulfide) groups is 1. The molecule has 0 spiro atoms. The summed E-state index contributed by atoms with van der Waals surface area (Å²) in [6.07, 6.45) is 0.399. The molecule has 1 heterocycles. The number of fused-ring (bicyclic) bond motifs is 1. The second-order valence-electron chi connectivity index (χ2n) is 5.37. The molecule has 0 saturated carbocycles. The summed E-state index contributed by atoms with van der Waals surface area (Å²) < 4.78 is 0. The Kier molecular flexibility index (Phi) is 4.29. The van der Waals surface area contributed by atoms with Crippen LogP contribution in [0.15, 0.2) is 59.5 Å². The number of nitrogens with zero attached hydrogens (tertiary/aromatic N) is 1. The highest BCUT2D eigenvalue weighted by atomic mass is 32.2. The van der Waals surface area contributed by atoms with E-state index in [1.165, 1.54) is 6.92 Å². The first kappa shape index (κ1) is 14.9.